The molecular weight excluding hydrogens is 575 g/mol. The minimum absolute atomic E-state index is 0.0242. The molecule has 2 saturated heterocycles. The molecule has 1 atom stereocenters. The standard InChI is InChI=1S/C29H37ClF3N5O4/c1-36(2)26(40)23-14-19(16-34-10-13-39)25(15-24(23)30)35-21-17-38(18-21)22-8-11-37(12-9-22)27(41)28(42,29(31,32)33)20-6-4-3-5-7-20/h3-7,14-15,21-22,34-35,39,42H,8-13,16-18H2,1-2H3. The molecule has 2 fully saturated rings. The summed E-state index contributed by atoms with van der Waals surface area (Å²) in [7, 11) is 3.30. The van der Waals surface area contributed by atoms with Crippen molar-refractivity contribution in [2.45, 2.75) is 43.2 Å². The van der Waals surface area contributed by atoms with E-state index in [2.05, 4.69) is 15.5 Å². The van der Waals surface area contributed by atoms with E-state index in [1.54, 1.807) is 26.2 Å². The van der Waals surface area contributed by atoms with E-state index in [1.807, 2.05) is 0 Å². The minimum atomic E-state index is -5.16. The summed E-state index contributed by atoms with van der Waals surface area (Å²) in [6.07, 6.45) is -4.18. The Hall–Kier alpha value is -2.90. The third-order valence-electron chi connectivity index (χ3n) is 7.88. The Morgan fingerprint density at radius 3 is 2.31 bits per heavy atom. The molecule has 4 N–H and O–H groups in total. The van der Waals surface area contributed by atoms with Crippen molar-refractivity contribution in [3.05, 3.63) is 64.2 Å². The summed E-state index contributed by atoms with van der Waals surface area (Å²) in [6, 6.07) is 10.1. The number of piperidine rings is 1. The molecule has 42 heavy (non-hydrogen) atoms. The van der Waals surface area contributed by atoms with Gasteiger partial charge in [0.05, 0.1) is 23.2 Å². The van der Waals surface area contributed by atoms with Gasteiger partial charge in [-0.1, -0.05) is 41.9 Å². The molecule has 0 aromatic heterocycles. The highest BCUT2D eigenvalue weighted by Crippen LogP contribution is 2.41. The van der Waals surface area contributed by atoms with Gasteiger partial charge in [0.15, 0.2) is 0 Å². The fourth-order valence-electron chi connectivity index (χ4n) is 5.48. The van der Waals surface area contributed by atoms with Crippen molar-refractivity contribution in [3.63, 3.8) is 0 Å². The SMILES string of the molecule is CN(C)C(=O)c1cc(CNCCO)c(NC2CN(C3CCN(C(=O)C(O)(c4ccccc4)C(F)(F)F)CC3)C2)cc1Cl. The van der Waals surface area contributed by atoms with E-state index in [9.17, 15) is 27.9 Å². The highest BCUT2D eigenvalue weighted by molar-refractivity contribution is 6.34. The number of anilines is 1. The molecule has 0 saturated carbocycles. The van der Waals surface area contributed by atoms with E-state index in [4.69, 9.17) is 16.7 Å². The lowest BCUT2D eigenvalue weighted by atomic mass is 9.89. The van der Waals surface area contributed by atoms with Crippen LogP contribution >= 0.6 is 11.6 Å². The summed E-state index contributed by atoms with van der Waals surface area (Å²) in [6.45, 7) is 2.39. The van der Waals surface area contributed by atoms with Crippen LogP contribution < -0.4 is 10.6 Å². The summed E-state index contributed by atoms with van der Waals surface area (Å²) in [5.74, 6) is -1.56. The first-order valence-electron chi connectivity index (χ1n) is 13.9. The lowest BCUT2D eigenvalue weighted by Gasteiger charge is -2.48. The van der Waals surface area contributed by atoms with E-state index in [0.29, 0.717) is 49.6 Å². The maximum atomic E-state index is 14.0. The van der Waals surface area contributed by atoms with Crippen LogP contribution in [0.3, 0.4) is 0 Å². The molecule has 13 heteroatoms. The quantitative estimate of drug-likeness (QED) is 0.306. The summed E-state index contributed by atoms with van der Waals surface area (Å²) in [5, 5.41) is 26.7. The number of benzene rings is 2. The molecule has 0 bridgehead atoms. The highest BCUT2D eigenvalue weighted by atomic mass is 35.5. The van der Waals surface area contributed by atoms with Crippen LogP contribution in [-0.4, -0.2) is 108 Å². The monoisotopic (exact) mass is 611 g/mol. The lowest BCUT2D eigenvalue weighted by molar-refractivity contribution is -0.262. The molecule has 0 spiro atoms. The van der Waals surface area contributed by atoms with Gasteiger partial charge in [-0.05, 0) is 30.5 Å². The van der Waals surface area contributed by atoms with Gasteiger partial charge in [-0.25, -0.2) is 0 Å². The summed E-state index contributed by atoms with van der Waals surface area (Å²) < 4.78 is 41.9. The second kappa shape index (κ2) is 13.2. The largest absolute Gasteiger partial charge is 0.430 e. The maximum Gasteiger partial charge on any atom is 0.430 e. The number of carbonyl (C=O) groups excluding carboxylic acids is 2. The number of hydrogen-bond acceptors (Lipinski definition) is 7. The third kappa shape index (κ3) is 6.68. The zero-order chi connectivity index (χ0) is 30.7. The smallest absolute Gasteiger partial charge is 0.395 e. The first kappa shape index (κ1) is 32.0. The van der Waals surface area contributed by atoms with Crippen LogP contribution in [0.5, 0.6) is 0 Å². The normalized spacial score (nSPS) is 18.3. The van der Waals surface area contributed by atoms with Crippen molar-refractivity contribution in [2.75, 3.05) is 58.7 Å². The van der Waals surface area contributed by atoms with E-state index in [0.717, 1.165) is 28.3 Å². The van der Waals surface area contributed by atoms with Gasteiger partial charge in [-0.3, -0.25) is 14.5 Å². The van der Waals surface area contributed by atoms with Crippen LogP contribution in [0.2, 0.25) is 5.02 Å². The molecule has 9 nitrogen and oxygen atoms in total. The minimum Gasteiger partial charge on any atom is -0.395 e. The van der Waals surface area contributed by atoms with E-state index in [1.165, 1.54) is 23.1 Å². The number of aliphatic hydroxyl groups is 2. The number of hydrogen-bond donors (Lipinski definition) is 4. The Morgan fingerprint density at radius 2 is 1.74 bits per heavy atom. The number of likely N-dealkylation sites (tertiary alicyclic amines) is 2. The Kier molecular flexibility index (Phi) is 10.0. The van der Waals surface area contributed by atoms with Crippen molar-refractivity contribution in [1.82, 2.24) is 20.0 Å². The molecule has 2 amide bonds. The topological polar surface area (TPSA) is 108 Å². The van der Waals surface area contributed by atoms with Crippen LogP contribution in [0.15, 0.2) is 42.5 Å². The first-order valence-corrected chi connectivity index (χ1v) is 14.2. The summed E-state index contributed by atoms with van der Waals surface area (Å²) >= 11 is 6.46. The predicted octanol–water partition coefficient (Wildman–Crippen LogP) is 2.66. The van der Waals surface area contributed by atoms with Crippen molar-refractivity contribution >= 4 is 29.1 Å². The number of aliphatic hydroxyl groups excluding tert-OH is 1. The van der Waals surface area contributed by atoms with Gasteiger partial charge in [0.2, 0.25) is 0 Å². The Bertz CT molecular complexity index is 1250. The van der Waals surface area contributed by atoms with Crippen LogP contribution in [0.25, 0.3) is 0 Å². The van der Waals surface area contributed by atoms with Gasteiger partial charge < -0.3 is 30.6 Å². The van der Waals surface area contributed by atoms with Gasteiger partial charge in [-0.2, -0.15) is 13.2 Å². The van der Waals surface area contributed by atoms with Gasteiger partial charge in [0.25, 0.3) is 17.4 Å². The van der Waals surface area contributed by atoms with Gasteiger partial charge in [0.1, 0.15) is 0 Å². The van der Waals surface area contributed by atoms with Crippen molar-refractivity contribution in [1.29, 1.82) is 0 Å². The second-order valence-electron chi connectivity index (χ2n) is 11.0. The molecule has 0 aliphatic carbocycles. The molecule has 0 radical (unpaired) electrons. The average molecular weight is 612 g/mol. The Balaban J connectivity index is 1.36. The summed E-state index contributed by atoms with van der Waals surface area (Å²) in [5.41, 5.74) is -2.09. The van der Waals surface area contributed by atoms with Crippen LogP contribution in [0.4, 0.5) is 18.9 Å². The van der Waals surface area contributed by atoms with Gasteiger partial charge in [-0.15, -0.1) is 0 Å². The highest BCUT2D eigenvalue weighted by Gasteiger charge is 2.62. The van der Waals surface area contributed by atoms with E-state index < -0.39 is 23.2 Å². The maximum absolute atomic E-state index is 14.0. The molecule has 2 aromatic carbocycles. The Morgan fingerprint density at radius 1 is 1.10 bits per heavy atom. The average Bonchev–Trinajstić information content (AvgIpc) is 2.94. The molecular formula is C29H37ClF3N5O4. The Labute approximate surface area is 248 Å². The number of rotatable bonds is 10. The molecule has 2 aromatic rings. The first-order chi connectivity index (χ1) is 19.9. The number of nitrogens with one attached hydrogen (secondary N) is 2. The molecule has 4 rings (SSSR count). The molecule has 1 unspecified atom stereocenters. The molecule has 2 aliphatic rings. The second-order valence-corrected chi connectivity index (χ2v) is 11.4. The fourth-order valence-corrected chi connectivity index (χ4v) is 5.72. The van der Waals surface area contributed by atoms with E-state index in [-0.39, 0.29) is 37.7 Å². The fraction of sp³-hybridized carbons (Fsp3) is 0.517. The molecule has 2 aliphatic heterocycles. The van der Waals surface area contributed by atoms with Crippen LogP contribution in [0, 0.1) is 0 Å². The number of halogens is 4. The van der Waals surface area contributed by atoms with Crippen molar-refractivity contribution in [3.8, 4) is 0 Å². The zero-order valence-corrected chi connectivity index (χ0v) is 24.4. The number of amides is 2. The number of alkyl halides is 3. The zero-order valence-electron chi connectivity index (χ0n) is 23.6. The van der Waals surface area contributed by atoms with Crippen LogP contribution in [-0.2, 0) is 16.9 Å². The molecule has 230 valence electrons. The van der Waals surface area contributed by atoms with Crippen LogP contribution in [0.1, 0.15) is 34.3 Å². The van der Waals surface area contributed by atoms with Crippen molar-refractivity contribution in [2.24, 2.45) is 0 Å². The van der Waals surface area contributed by atoms with Gasteiger partial charge >= 0.3 is 6.18 Å². The number of nitrogens with zero attached hydrogens (tertiary/aromatic N) is 3. The molecule has 2 heterocycles. The van der Waals surface area contributed by atoms with Crippen molar-refractivity contribution < 1.29 is 33.0 Å². The van der Waals surface area contributed by atoms with Gasteiger partial charge in [0, 0.05) is 70.7 Å². The summed E-state index contributed by atoms with van der Waals surface area (Å²) in [4.78, 5) is 30.4. The predicted molar refractivity (Wildman–Crippen MR) is 153 cm³/mol. The number of carbonyl (C=O) groups is 2. The third-order valence-corrected chi connectivity index (χ3v) is 8.20. The lowest BCUT2D eigenvalue weighted by Crippen LogP contribution is -2.62. The van der Waals surface area contributed by atoms with E-state index >= 15 is 0 Å².